The average molecular weight is 247 g/mol. The van der Waals surface area contributed by atoms with Gasteiger partial charge in [0.15, 0.2) is 0 Å². The fraction of sp³-hybridized carbons (Fsp3) is 0.625. The molecule has 100 valence electrons. The van der Waals surface area contributed by atoms with Gasteiger partial charge in [-0.15, -0.1) is 0 Å². The van der Waals surface area contributed by atoms with Crippen LogP contribution in [0.5, 0.6) is 0 Å². The van der Waals surface area contributed by atoms with Gasteiger partial charge in [-0.1, -0.05) is 39.0 Å². The minimum atomic E-state index is 0.192. The predicted octanol–water partition coefficient (Wildman–Crippen LogP) is 3.34. The quantitative estimate of drug-likeness (QED) is 0.822. The van der Waals surface area contributed by atoms with Crippen LogP contribution in [0.15, 0.2) is 18.2 Å². The third-order valence-corrected chi connectivity index (χ3v) is 3.69. The lowest BCUT2D eigenvalue weighted by atomic mass is 9.84. The first kappa shape index (κ1) is 13.6. The summed E-state index contributed by atoms with van der Waals surface area (Å²) >= 11 is 0. The lowest BCUT2D eigenvalue weighted by Crippen LogP contribution is -2.41. The smallest absolute Gasteiger partial charge is 0.0952 e. The Morgan fingerprint density at radius 1 is 1.28 bits per heavy atom. The van der Waals surface area contributed by atoms with Gasteiger partial charge in [0.25, 0.3) is 0 Å². The highest BCUT2D eigenvalue weighted by atomic mass is 16.5. The molecule has 0 amide bonds. The summed E-state index contributed by atoms with van der Waals surface area (Å²) in [5, 5.41) is 3.49. The minimum absolute atomic E-state index is 0.192. The van der Waals surface area contributed by atoms with Crippen LogP contribution in [0.3, 0.4) is 0 Å². The molecule has 2 rings (SSSR count). The molecule has 2 heteroatoms. The molecule has 0 saturated carbocycles. The van der Waals surface area contributed by atoms with Crippen molar-refractivity contribution in [2.75, 3.05) is 13.2 Å². The number of hydrogen-bond acceptors (Lipinski definition) is 2. The number of morpholine rings is 1. The summed E-state index contributed by atoms with van der Waals surface area (Å²) in [5.74, 6) is 0. The van der Waals surface area contributed by atoms with Crippen molar-refractivity contribution in [1.82, 2.24) is 5.32 Å². The lowest BCUT2D eigenvalue weighted by molar-refractivity contribution is 0.00654. The Morgan fingerprint density at radius 2 is 2.00 bits per heavy atom. The van der Waals surface area contributed by atoms with Crippen molar-refractivity contribution in [3.05, 3.63) is 34.9 Å². The average Bonchev–Trinajstić information content (AvgIpc) is 2.29. The highest BCUT2D eigenvalue weighted by molar-refractivity contribution is 5.36. The Bertz CT molecular complexity index is 412. The second-order valence-electron chi connectivity index (χ2n) is 6.45. The summed E-state index contributed by atoms with van der Waals surface area (Å²) in [6, 6.07) is 7.24. The van der Waals surface area contributed by atoms with E-state index in [1.807, 2.05) is 0 Å². The van der Waals surface area contributed by atoms with Crippen molar-refractivity contribution >= 4 is 0 Å². The highest BCUT2D eigenvalue weighted by Crippen LogP contribution is 2.29. The van der Waals surface area contributed by atoms with Crippen LogP contribution in [-0.2, 0) is 10.2 Å². The molecule has 1 aromatic carbocycles. The van der Waals surface area contributed by atoms with Crippen molar-refractivity contribution < 1.29 is 4.74 Å². The van der Waals surface area contributed by atoms with E-state index in [0.29, 0.717) is 6.04 Å². The first-order valence-corrected chi connectivity index (χ1v) is 6.84. The maximum atomic E-state index is 5.96. The van der Waals surface area contributed by atoms with E-state index in [1.54, 1.807) is 0 Å². The zero-order chi connectivity index (χ0) is 13.3. The van der Waals surface area contributed by atoms with Gasteiger partial charge in [-0.2, -0.15) is 0 Å². The highest BCUT2D eigenvalue weighted by Gasteiger charge is 2.23. The van der Waals surface area contributed by atoms with E-state index >= 15 is 0 Å². The third-order valence-electron chi connectivity index (χ3n) is 3.69. The fourth-order valence-corrected chi connectivity index (χ4v) is 2.34. The van der Waals surface area contributed by atoms with Gasteiger partial charge < -0.3 is 10.1 Å². The molecule has 2 unspecified atom stereocenters. The van der Waals surface area contributed by atoms with Crippen molar-refractivity contribution in [2.24, 2.45) is 0 Å². The SMILES string of the molecule is Cc1ccc(C(C)(C)C)cc1C1CNC(C)CO1. The molecule has 1 aliphatic heterocycles. The number of hydrogen-bond donors (Lipinski definition) is 1. The van der Waals surface area contributed by atoms with Gasteiger partial charge in [-0.25, -0.2) is 0 Å². The zero-order valence-corrected chi connectivity index (χ0v) is 12.2. The van der Waals surface area contributed by atoms with Crippen LogP contribution < -0.4 is 5.32 Å². The van der Waals surface area contributed by atoms with Crippen LogP contribution in [0.2, 0.25) is 0 Å². The zero-order valence-electron chi connectivity index (χ0n) is 12.2. The van der Waals surface area contributed by atoms with Crippen molar-refractivity contribution in [3.63, 3.8) is 0 Å². The number of benzene rings is 1. The molecule has 0 radical (unpaired) electrons. The molecule has 1 fully saturated rings. The molecule has 1 heterocycles. The number of aryl methyl sites for hydroxylation is 1. The number of rotatable bonds is 1. The van der Waals surface area contributed by atoms with E-state index in [-0.39, 0.29) is 11.5 Å². The van der Waals surface area contributed by atoms with Gasteiger partial charge in [0.1, 0.15) is 0 Å². The first-order valence-electron chi connectivity index (χ1n) is 6.84. The molecule has 1 aliphatic rings. The maximum absolute atomic E-state index is 5.96. The van der Waals surface area contributed by atoms with Gasteiger partial charge in [-0.05, 0) is 36.0 Å². The second-order valence-corrected chi connectivity index (χ2v) is 6.45. The monoisotopic (exact) mass is 247 g/mol. The van der Waals surface area contributed by atoms with E-state index in [0.717, 1.165) is 13.2 Å². The molecule has 0 spiro atoms. The van der Waals surface area contributed by atoms with Crippen LogP contribution in [0, 0.1) is 6.92 Å². The molecule has 0 aliphatic carbocycles. The van der Waals surface area contributed by atoms with Crippen LogP contribution in [0.1, 0.15) is 50.5 Å². The maximum Gasteiger partial charge on any atom is 0.0952 e. The van der Waals surface area contributed by atoms with Crippen LogP contribution in [0.25, 0.3) is 0 Å². The van der Waals surface area contributed by atoms with E-state index in [4.69, 9.17) is 4.74 Å². The molecule has 0 aromatic heterocycles. The Balaban J connectivity index is 2.27. The summed E-state index contributed by atoms with van der Waals surface area (Å²) in [5.41, 5.74) is 4.23. The normalized spacial score (nSPS) is 25.2. The van der Waals surface area contributed by atoms with E-state index in [9.17, 15) is 0 Å². The van der Waals surface area contributed by atoms with E-state index in [2.05, 4.69) is 58.1 Å². The standard InChI is InChI=1S/C16H25NO/c1-11-6-7-13(16(3,4)5)8-14(11)15-9-17-12(2)10-18-15/h6-8,12,15,17H,9-10H2,1-5H3. The topological polar surface area (TPSA) is 21.3 Å². The van der Waals surface area contributed by atoms with Crippen molar-refractivity contribution in [1.29, 1.82) is 0 Å². The van der Waals surface area contributed by atoms with Crippen LogP contribution in [-0.4, -0.2) is 19.2 Å². The molecule has 0 bridgehead atoms. The van der Waals surface area contributed by atoms with Gasteiger partial charge in [-0.3, -0.25) is 0 Å². The number of ether oxygens (including phenoxy) is 1. The molecule has 2 atom stereocenters. The summed E-state index contributed by atoms with van der Waals surface area (Å²) in [6.45, 7) is 12.8. The molecule has 18 heavy (non-hydrogen) atoms. The summed E-state index contributed by atoms with van der Waals surface area (Å²) in [7, 11) is 0. The Hall–Kier alpha value is -0.860. The lowest BCUT2D eigenvalue weighted by Gasteiger charge is -2.30. The van der Waals surface area contributed by atoms with Crippen LogP contribution >= 0.6 is 0 Å². The van der Waals surface area contributed by atoms with Gasteiger partial charge >= 0.3 is 0 Å². The Labute approximate surface area is 111 Å². The molecular weight excluding hydrogens is 222 g/mol. The van der Waals surface area contributed by atoms with E-state index < -0.39 is 0 Å². The van der Waals surface area contributed by atoms with Crippen molar-refractivity contribution in [3.8, 4) is 0 Å². The second kappa shape index (κ2) is 5.02. The molecule has 2 nitrogen and oxygen atoms in total. The Kier molecular flexibility index (Phi) is 3.79. The van der Waals surface area contributed by atoms with Crippen molar-refractivity contribution in [2.45, 2.75) is 52.2 Å². The number of nitrogens with one attached hydrogen (secondary N) is 1. The summed E-state index contributed by atoms with van der Waals surface area (Å²) < 4.78 is 5.96. The molecule has 1 saturated heterocycles. The predicted molar refractivity (Wildman–Crippen MR) is 76.0 cm³/mol. The fourth-order valence-electron chi connectivity index (χ4n) is 2.34. The van der Waals surface area contributed by atoms with Gasteiger partial charge in [0.2, 0.25) is 0 Å². The van der Waals surface area contributed by atoms with Crippen LogP contribution in [0.4, 0.5) is 0 Å². The first-order chi connectivity index (χ1) is 8.38. The van der Waals surface area contributed by atoms with E-state index in [1.165, 1.54) is 16.7 Å². The third kappa shape index (κ3) is 2.93. The summed E-state index contributed by atoms with van der Waals surface area (Å²) in [6.07, 6.45) is 0.198. The molecule has 1 N–H and O–H groups in total. The molecular formula is C16H25NO. The Morgan fingerprint density at radius 3 is 2.56 bits per heavy atom. The van der Waals surface area contributed by atoms with Gasteiger partial charge in [0, 0.05) is 12.6 Å². The molecule has 1 aromatic rings. The minimum Gasteiger partial charge on any atom is -0.371 e. The largest absolute Gasteiger partial charge is 0.371 e. The summed E-state index contributed by atoms with van der Waals surface area (Å²) in [4.78, 5) is 0. The van der Waals surface area contributed by atoms with Gasteiger partial charge in [0.05, 0.1) is 12.7 Å².